The fraction of sp³-hybridized carbons (Fsp3) is 0.478. The summed E-state index contributed by atoms with van der Waals surface area (Å²) in [6, 6.07) is 6.96. The molecule has 1 aliphatic carbocycles. The van der Waals surface area contributed by atoms with Crippen LogP contribution in [-0.4, -0.2) is 57.0 Å². The fourth-order valence-corrected chi connectivity index (χ4v) is 4.07. The van der Waals surface area contributed by atoms with Gasteiger partial charge in [0.1, 0.15) is 17.3 Å². The second-order valence-corrected chi connectivity index (χ2v) is 9.15. The van der Waals surface area contributed by atoms with Crippen LogP contribution in [0.3, 0.4) is 0 Å². The van der Waals surface area contributed by atoms with E-state index >= 15 is 0 Å². The number of ether oxygens (including phenoxy) is 1. The molecule has 1 saturated heterocycles. The first-order valence-corrected chi connectivity index (χ1v) is 11.5. The summed E-state index contributed by atoms with van der Waals surface area (Å²) in [5.41, 5.74) is 1.06. The van der Waals surface area contributed by atoms with Crippen LogP contribution in [0.2, 0.25) is 0 Å². The van der Waals surface area contributed by atoms with Crippen LogP contribution < -0.4 is 15.4 Å². The molecule has 2 aliphatic rings. The molecular formula is C23H27F2N5O2S. The van der Waals surface area contributed by atoms with Gasteiger partial charge in [0.15, 0.2) is 11.2 Å². The number of hydrogen-bond donors (Lipinski definition) is 2. The molecule has 0 spiro atoms. The van der Waals surface area contributed by atoms with E-state index in [2.05, 4.69) is 20.6 Å². The molecule has 1 aliphatic heterocycles. The molecule has 1 saturated carbocycles. The van der Waals surface area contributed by atoms with Crippen LogP contribution in [0.1, 0.15) is 55.1 Å². The predicted molar refractivity (Wildman–Crippen MR) is 125 cm³/mol. The van der Waals surface area contributed by atoms with E-state index in [0.717, 1.165) is 18.4 Å². The second kappa shape index (κ2) is 9.64. The van der Waals surface area contributed by atoms with E-state index in [0.29, 0.717) is 18.4 Å². The summed E-state index contributed by atoms with van der Waals surface area (Å²) in [6.07, 6.45) is 3.95. The van der Waals surface area contributed by atoms with Crippen LogP contribution in [0, 0.1) is 0 Å². The zero-order valence-electron chi connectivity index (χ0n) is 18.6. The average Bonchev–Trinajstić information content (AvgIpc) is 3.61. The summed E-state index contributed by atoms with van der Waals surface area (Å²) in [7, 11) is 0. The molecule has 2 aromatic rings. The number of aromatic nitrogens is 2. The molecule has 2 fully saturated rings. The first kappa shape index (κ1) is 23.4. The maximum absolute atomic E-state index is 14.5. The number of carbonyl (C=O) groups is 1. The third-order valence-corrected chi connectivity index (χ3v) is 6.00. The lowest BCUT2D eigenvalue weighted by molar-refractivity contribution is -0.141. The smallest absolute Gasteiger partial charge is 0.296 e. The third kappa shape index (κ3) is 5.80. The van der Waals surface area contributed by atoms with Gasteiger partial charge in [0.2, 0.25) is 0 Å². The molecule has 0 radical (unpaired) electrons. The minimum absolute atomic E-state index is 0.0878. The first-order chi connectivity index (χ1) is 15.7. The quantitative estimate of drug-likeness (QED) is 0.612. The van der Waals surface area contributed by atoms with Crippen molar-refractivity contribution >= 4 is 29.1 Å². The van der Waals surface area contributed by atoms with Crippen molar-refractivity contribution in [1.29, 1.82) is 0 Å². The van der Waals surface area contributed by atoms with Gasteiger partial charge in [-0.1, -0.05) is 19.9 Å². The Hall–Kier alpha value is -2.72. The number of nitrogens with zero attached hydrogens (tertiary/aromatic N) is 3. The Bertz CT molecular complexity index is 1010. The number of hydrogen-bond acceptors (Lipinski definition) is 6. The number of piperidine rings is 1. The Morgan fingerprint density at radius 3 is 2.67 bits per heavy atom. The van der Waals surface area contributed by atoms with Crippen molar-refractivity contribution in [2.24, 2.45) is 0 Å². The third-order valence-electron chi connectivity index (χ3n) is 5.79. The van der Waals surface area contributed by atoms with Crippen LogP contribution in [0.25, 0.3) is 0 Å². The van der Waals surface area contributed by atoms with Crippen LogP contribution >= 0.6 is 12.2 Å². The molecule has 176 valence electrons. The first-order valence-electron chi connectivity index (χ1n) is 11.0. The Kier molecular flexibility index (Phi) is 6.85. The van der Waals surface area contributed by atoms with Crippen LogP contribution in [-0.2, 0) is 0 Å². The number of rotatable bonds is 6. The highest BCUT2D eigenvalue weighted by Crippen LogP contribution is 2.36. The van der Waals surface area contributed by atoms with E-state index in [-0.39, 0.29) is 35.4 Å². The van der Waals surface area contributed by atoms with Crippen molar-refractivity contribution in [3.63, 3.8) is 0 Å². The van der Waals surface area contributed by atoms with Crippen LogP contribution in [0.15, 0.2) is 36.7 Å². The number of halogens is 2. The maximum atomic E-state index is 14.5. The number of alkyl halides is 2. The van der Waals surface area contributed by atoms with Crippen molar-refractivity contribution < 1.29 is 18.3 Å². The number of nitrogens with one attached hydrogen (secondary N) is 2. The molecule has 10 heteroatoms. The van der Waals surface area contributed by atoms with Gasteiger partial charge in [0, 0.05) is 25.2 Å². The summed E-state index contributed by atoms with van der Waals surface area (Å²) in [6.45, 7) is 4.38. The molecule has 2 aromatic heterocycles. The molecule has 4 rings (SSSR count). The van der Waals surface area contributed by atoms with Gasteiger partial charge in [-0.15, -0.1) is 0 Å². The molecular weight excluding hydrogens is 448 g/mol. The lowest BCUT2D eigenvalue weighted by Gasteiger charge is -2.38. The molecule has 1 unspecified atom stereocenters. The Labute approximate surface area is 196 Å². The van der Waals surface area contributed by atoms with Gasteiger partial charge in [-0.3, -0.25) is 15.0 Å². The zero-order chi connectivity index (χ0) is 23.6. The largest absolute Gasteiger partial charge is 0.482 e. The van der Waals surface area contributed by atoms with E-state index in [9.17, 15) is 13.6 Å². The highest BCUT2D eigenvalue weighted by atomic mass is 32.1. The lowest BCUT2D eigenvalue weighted by Crippen LogP contribution is -2.54. The minimum atomic E-state index is -2.94. The average molecular weight is 476 g/mol. The monoisotopic (exact) mass is 475 g/mol. The van der Waals surface area contributed by atoms with Gasteiger partial charge < -0.3 is 10.1 Å². The number of thiocarbonyl (C=S) groups is 1. The van der Waals surface area contributed by atoms with E-state index in [1.807, 2.05) is 30.9 Å². The molecule has 0 aromatic carbocycles. The zero-order valence-corrected chi connectivity index (χ0v) is 19.4. The molecule has 33 heavy (non-hydrogen) atoms. The number of anilines is 1. The number of likely N-dealkylation sites (tertiary alicyclic amines) is 1. The SMILES string of the molecule is CC(C)c1cccnc1NC(=S)NC(=O)c1ccc(OC2CCN(C3CC3)CC2(F)F)cn1. The maximum Gasteiger partial charge on any atom is 0.296 e. The van der Waals surface area contributed by atoms with Gasteiger partial charge >= 0.3 is 0 Å². The van der Waals surface area contributed by atoms with E-state index in [4.69, 9.17) is 17.0 Å². The summed E-state index contributed by atoms with van der Waals surface area (Å²) in [5.74, 6) is -2.46. The van der Waals surface area contributed by atoms with Gasteiger partial charge in [-0.05, 0) is 54.7 Å². The van der Waals surface area contributed by atoms with Gasteiger partial charge in [-0.2, -0.15) is 0 Å². The van der Waals surface area contributed by atoms with E-state index < -0.39 is 17.9 Å². The van der Waals surface area contributed by atoms with Crippen LogP contribution in [0.5, 0.6) is 5.75 Å². The summed E-state index contributed by atoms with van der Waals surface area (Å²) in [4.78, 5) is 22.7. The Morgan fingerprint density at radius 2 is 2.03 bits per heavy atom. The highest BCUT2D eigenvalue weighted by molar-refractivity contribution is 7.80. The van der Waals surface area contributed by atoms with Gasteiger partial charge in [-0.25, -0.2) is 18.7 Å². The molecule has 7 nitrogen and oxygen atoms in total. The second-order valence-electron chi connectivity index (χ2n) is 8.74. The summed E-state index contributed by atoms with van der Waals surface area (Å²) < 4.78 is 34.6. The summed E-state index contributed by atoms with van der Waals surface area (Å²) in [5, 5.41) is 5.58. The van der Waals surface area contributed by atoms with Crippen molar-refractivity contribution in [2.75, 3.05) is 18.4 Å². The minimum Gasteiger partial charge on any atom is -0.482 e. The Balaban J connectivity index is 1.32. The molecule has 3 heterocycles. The summed E-state index contributed by atoms with van der Waals surface area (Å²) >= 11 is 5.23. The number of pyridine rings is 2. The van der Waals surface area contributed by atoms with Crippen molar-refractivity contribution in [1.82, 2.24) is 20.2 Å². The normalized spacial score (nSPS) is 20.3. The standard InChI is InChI=1S/C23H27F2N5O2S/c1-14(2)17-4-3-10-26-20(17)28-22(33)29-21(31)18-8-7-16(12-27-18)32-19-9-11-30(15-5-6-15)13-23(19,24)25/h3-4,7-8,10,12,14-15,19H,5-6,9,11,13H2,1-2H3,(H2,26,28,29,31,33). The van der Waals surface area contributed by atoms with Gasteiger partial charge in [0.05, 0.1) is 12.7 Å². The van der Waals surface area contributed by atoms with Crippen LogP contribution in [0.4, 0.5) is 14.6 Å². The molecule has 2 N–H and O–H groups in total. The molecule has 1 amide bonds. The topological polar surface area (TPSA) is 79.4 Å². The van der Waals surface area contributed by atoms with Crippen molar-refractivity contribution in [2.45, 2.75) is 57.1 Å². The lowest BCUT2D eigenvalue weighted by atomic mass is 10.0. The van der Waals surface area contributed by atoms with Gasteiger partial charge in [0.25, 0.3) is 11.8 Å². The fourth-order valence-electron chi connectivity index (χ4n) is 3.88. The molecule has 1 atom stereocenters. The van der Waals surface area contributed by atoms with Crippen molar-refractivity contribution in [3.8, 4) is 5.75 Å². The van der Waals surface area contributed by atoms with E-state index in [1.54, 1.807) is 6.20 Å². The van der Waals surface area contributed by atoms with Crippen molar-refractivity contribution in [3.05, 3.63) is 47.9 Å². The molecule has 0 bridgehead atoms. The highest BCUT2D eigenvalue weighted by Gasteiger charge is 2.49. The van der Waals surface area contributed by atoms with E-state index in [1.165, 1.54) is 18.3 Å². The number of carbonyl (C=O) groups excluding carboxylic acids is 1. The number of amides is 1. The Morgan fingerprint density at radius 1 is 1.24 bits per heavy atom. The predicted octanol–water partition coefficient (Wildman–Crippen LogP) is 3.98.